The number of nitrogens with one attached hydrogen (secondary N) is 1. The average molecular weight is 409 g/mol. The molecule has 0 bridgehead atoms. The molecular weight excluding hydrogens is 388 g/mol. The summed E-state index contributed by atoms with van der Waals surface area (Å²) in [5.74, 6) is 0.748. The zero-order valence-corrected chi connectivity index (χ0v) is 16.9. The van der Waals surface area contributed by atoms with Crippen molar-refractivity contribution in [2.24, 2.45) is 0 Å². The molecule has 0 aliphatic rings. The van der Waals surface area contributed by atoms with Crippen LogP contribution in [0.25, 0.3) is 0 Å². The predicted molar refractivity (Wildman–Crippen MR) is 115 cm³/mol. The first-order valence-electron chi connectivity index (χ1n) is 9.17. The summed E-state index contributed by atoms with van der Waals surface area (Å²) >= 11 is 6.10. The molecule has 0 heterocycles. The third-order valence-electron chi connectivity index (χ3n) is 4.37. The van der Waals surface area contributed by atoms with E-state index in [-0.39, 0.29) is 11.8 Å². The number of hydrogen-bond acceptors (Lipinski definition) is 3. The fourth-order valence-electron chi connectivity index (χ4n) is 2.62. The van der Waals surface area contributed by atoms with Gasteiger partial charge in [-0.15, -0.1) is 0 Å². The van der Waals surface area contributed by atoms with Gasteiger partial charge in [-0.25, -0.2) is 0 Å². The smallest absolute Gasteiger partial charge is 0.255 e. The summed E-state index contributed by atoms with van der Waals surface area (Å²) in [5.41, 5.74) is 1.51. The molecule has 0 fully saturated rings. The Bertz CT molecular complexity index is 1020. The van der Waals surface area contributed by atoms with Crippen molar-refractivity contribution in [2.75, 3.05) is 18.9 Å². The van der Waals surface area contributed by atoms with Gasteiger partial charge in [0.2, 0.25) is 0 Å². The van der Waals surface area contributed by atoms with Crippen molar-refractivity contribution in [2.45, 2.75) is 6.92 Å². The lowest BCUT2D eigenvalue weighted by Crippen LogP contribution is -2.26. The summed E-state index contributed by atoms with van der Waals surface area (Å²) in [6.45, 7) is 2.49. The van der Waals surface area contributed by atoms with Crippen LogP contribution in [0.4, 0.5) is 5.69 Å². The fourth-order valence-corrected chi connectivity index (χ4v) is 2.80. The minimum absolute atomic E-state index is 0.122. The quantitative estimate of drug-likeness (QED) is 0.587. The summed E-state index contributed by atoms with van der Waals surface area (Å²) in [6.07, 6.45) is 0. The van der Waals surface area contributed by atoms with Crippen molar-refractivity contribution in [1.82, 2.24) is 4.90 Å². The van der Waals surface area contributed by atoms with Gasteiger partial charge in [-0.3, -0.25) is 9.59 Å². The summed E-state index contributed by atoms with van der Waals surface area (Å²) in [6, 6.07) is 20.8. The maximum Gasteiger partial charge on any atom is 0.255 e. The van der Waals surface area contributed by atoms with Crippen molar-refractivity contribution in [3.8, 4) is 11.5 Å². The number of anilines is 1. The lowest BCUT2D eigenvalue weighted by atomic mass is 10.1. The molecule has 0 saturated heterocycles. The van der Waals surface area contributed by atoms with E-state index in [1.807, 2.05) is 19.1 Å². The van der Waals surface area contributed by atoms with Crippen molar-refractivity contribution in [3.63, 3.8) is 0 Å². The number of carbonyl (C=O) groups excluding carboxylic acids is 2. The van der Waals surface area contributed by atoms with E-state index < -0.39 is 0 Å². The molecular formula is C23H21ClN2O3. The van der Waals surface area contributed by atoms with Crippen molar-refractivity contribution in [1.29, 1.82) is 0 Å². The maximum atomic E-state index is 12.6. The molecule has 0 saturated carbocycles. The number of benzene rings is 3. The number of carbonyl (C=O) groups is 2. The second-order valence-corrected chi connectivity index (χ2v) is 6.82. The van der Waals surface area contributed by atoms with E-state index in [1.165, 1.54) is 0 Å². The molecule has 0 aromatic heterocycles. The number of nitrogens with zero attached hydrogens (tertiary/aromatic N) is 1. The molecule has 0 aliphatic carbocycles. The Kier molecular flexibility index (Phi) is 6.52. The van der Waals surface area contributed by atoms with Gasteiger partial charge in [-0.05, 0) is 61.5 Å². The Morgan fingerprint density at radius 2 is 1.66 bits per heavy atom. The molecule has 0 atom stereocenters. The lowest BCUT2D eigenvalue weighted by molar-refractivity contribution is 0.0802. The van der Waals surface area contributed by atoms with Gasteiger partial charge in [-0.1, -0.05) is 29.8 Å². The van der Waals surface area contributed by atoms with Crippen molar-refractivity contribution in [3.05, 3.63) is 88.9 Å². The molecule has 1 N–H and O–H groups in total. The van der Waals surface area contributed by atoms with Crippen LogP contribution in [0.2, 0.25) is 5.02 Å². The first-order chi connectivity index (χ1) is 14.0. The third kappa shape index (κ3) is 5.15. The summed E-state index contributed by atoms with van der Waals surface area (Å²) in [4.78, 5) is 26.4. The lowest BCUT2D eigenvalue weighted by Gasteiger charge is -2.15. The Morgan fingerprint density at radius 3 is 2.34 bits per heavy atom. The van der Waals surface area contributed by atoms with Crippen LogP contribution >= 0.6 is 11.6 Å². The monoisotopic (exact) mass is 408 g/mol. The predicted octanol–water partition coefficient (Wildman–Crippen LogP) is 5.48. The number of ether oxygens (including phenoxy) is 1. The SMILES string of the molecule is CCN(C)C(=O)c1cccc(C(=O)Nc2ccc(Oc3ccccc3Cl)cc2)c1. The van der Waals surface area contributed by atoms with Gasteiger partial charge in [0, 0.05) is 30.4 Å². The van der Waals surface area contributed by atoms with Gasteiger partial charge in [0.1, 0.15) is 11.5 Å². The number of amides is 2. The van der Waals surface area contributed by atoms with Gasteiger partial charge in [-0.2, -0.15) is 0 Å². The second kappa shape index (κ2) is 9.26. The Balaban J connectivity index is 1.68. The van der Waals surface area contributed by atoms with Crippen LogP contribution < -0.4 is 10.1 Å². The molecule has 0 spiro atoms. The molecule has 2 amide bonds. The van der Waals surface area contributed by atoms with Crippen LogP contribution in [0.5, 0.6) is 11.5 Å². The maximum absolute atomic E-state index is 12.6. The van der Waals surface area contributed by atoms with E-state index in [0.717, 1.165) is 0 Å². The average Bonchev–Trinajstić information content (AvgIpc) is 2.75. The Labute approximate surface area is 174 Å². The summed E-state index contributed by atoms with van der Waals surface area (Å²) < 4.78 is 5.74. The van der Waals surface area contributed by atoms with E-state index in [1.54, 1.807) is 72.6 Å². The first-order valence-corrected chi connectivity index (χ1v) is 9.55. The summed E-state index contributed by atoms with van der Waals surface area (Å²) in [5, 5.41) is 3.35. The van der Waals surface area contributed by atoms with E-state index in [0.29, 0.717) is 39.9 Å². The molecule has 3 aromatic rings. The van der Waals surface area contributed by atoms with Crippen molar-refractivity contribution >= 4 is 29.1 Å². The zero-order valence-electron chi connectivity index (χ0n) is 16.2. The molecule has 29 heavy (non-hydrogen) atoms. The Morgan fingerprint density at radius 1 is 0.966 bits per heavy atom. The fraction of sp³-hybridized carbons (Fsp3) is 0.130. The second-order valence-electron chi connectivity index (χ2n) is 6.41. The molecule has 0 radical (unpaired) electrons. The normalized spacial score (nSPS) is 10.3. The van der Waals surface area contributed by atoms with Crippen molar-refractivity contribution < 1.29 is 14.3 Å². The highest BCUT2D eigenvalue weighted by molar-refractivity contribution is 6.32. The van der Waals surface area contributed by atoms with E-state index in [2.05, 4.69) is 5.32 Å². The standard InChI is InChI=1S/C23H21ClN2O3/c1-3-26(2)23(28)17-8-6-7-16(15-17)22(27)25-18-11-13-19(14-12-18)29-21-10-5-4-9-20(21)24/h4-15H,3H2,1-2H3,(H,25,27). The van der Waals surface area contributed by atoms with Crippen LogP contribution in [0.1, 0.15) is 27.6 Å². The van der Waals surface area contributed by atoms with Crippen LogP contribution in [-0.4, -0.2) is 30.3 Å². The number of halogens is 1. The third-order valence-corrected chi connectivity index (χ3v) is 4.68. The molecule has 3 aromatic carbocycles. The molecule has 0 unspecified atom stereocenters. The topological polar surface area (TPSA) is 58.6 Å². The zero-order chi connectivity index (χ0) is 20.8. The number of rotatable bonds is 6. The highest BCUT2D eigenvalue weighted by Crippen LogP contribution is 2.29. The van der Waals surface area contributed by atoms with E-state index in [9.17, 15) is 9.59 Å². The van der Waals surface area contributed by atoms with Crippen LogP contribution in [0.15, 0.2) is 72.8 Å². The minimum Gasteiger partial charge on any atom is -0.456 e. The van der Waals surface area contributed by atoms with E-state index in [4.69, 9.17) is 16.3 Å². The Hall–Kier alpha value is -3.31. The number of para-hydroxylation sites is 1. The van der Waals surface area contributed by atoms with Gasteiger partial charge in [0.05, 0.1) is 5.02 Å². The number of hydrogen-bond donors (Lipinski definition) is 1. The first kappa shape index (κ1) is 20.4. The summed E-state index contributed by atoms with van der Waals surface area (Å²) in [7, 11) is 1.72. The molecule has 148 valence electrons. The van der Waals surface area contributed by atoms with Gasteiger partial charge in [0.25, 0.3) is 11.8 Å². The molecule has 3 rings (SSSR count). The van der Waals surface area contributed by atoms with Gasteiger partial charge < -0.3 is 15.0 Å². The van der Waals surface area contributed by atoms with Crippen LogP contribution in [-0.2, 0) is 0 Å². The highest BCUT2D eigenvalue weighted by Gasteiger charge is 2.13. The largest absolute Gasteiger partial charge is 0.456 e. The van der Waals surface area contributed by atoms with E-state index >= 15 is 0 Å². The minimum atomic E-state index is -0.293. The molecule has 5 nitrogen and oxygen atoms in total. The van der Waals surface area contributed by atoms with Crippen LogP contribution in [0, 0.1) is 0 Å². The highest BCUT2D eigenvalue weighted by atomic mass is 35.5. The van der Waals surface area contributed by atoms with Gasteiger partial charge in [0.15, 0.2) is 0 Å². The molecule has 6 heteroatoms. The van der Waals surface area contributed by atoms with Gasteiger partial charge >= 0.3 is 0 Å². The molecule has 0 aliphatic heterocycles. The van der Waals surface area contributed by atoms with Crippen LogP contribution in [0.3, 0.4) is 0 Å².